The molecule has 0 spiro atoms. The van der Waals surface area contributed by atoms with Crippen molar-refractivity contribution in [1.29, 1.82) is 0 Å². The van der Waals surface area contributed by atoms with Gasteiger partial charge < -0.3 is 10.2 Å². The Hall–Kier alpha value is 0.270. The predicted octanol–water partition coefficient (Wildman–Crippen LogP) is 2.29. The first-order chi connectivity index (χ1) is 8.19. The number of thioether (sulfide) groups is 1. The molecule has 1 unspecified atom stereocenters. The Morgan fingerprint density at radius 1 is 1.06 bits per heavy atom. The Balaban J connectivity index is 1.55. The molecule has 0 aromatic rings. The van der Waals surface area contributed by atoms with Crippen LogP contribution >= 0.6 is 11.8 Å². The monoisotopic (exact) mass is 256 g/mol. The molecule has 98 valence electrons. The minimum Gasteiger partial charge on any atom is -0.394 e. The molecule has 2 nitrogen and oxygen atoms in total. The Bertz CT molecular complexity index is 244. The molecule has 0 saturated heterocycles. The van der Waals surface area contributed by atoms with Crippen molar-refractivity contribution in [1.82, 2.24) is 0 Å². The van der Waals surface area contributed by atoms with E-state index in [-0.39, 0.29) is 6.61 Å². The van der Waals surface area contributed by atoms with Crippen molar-refractivity contribution in [3.8, 4) is 0 Å². The van der Waals surface area contributed by atoms with Gasteiger partial charge in [0, 0.05) is 5.75 Å². The molecule has 4 aliphatic carbocycles. The van der Waals surface area contributed by atoms with E-state index in [0.717, 1.165) is 17.8 Å². The Kier molecular flexibility index (Phi) is 3.44. The van der Waals surface area contributed by atoms with Gasteiger partial charge in [-0.05, 0) is 67.4 Å². The van der Waals surface area contributed by atoms with Crippen molar-refractivity contribution in [2.45, 2.75) is 44.6 Å². The van der Waals surface area contributed by atoms with E-state index >= 15 is 0 Å². The lowest BCUT2D eigenvalue weighted by Crippen LogP contribution is -2.47. The summed E-state index contributed by atoms with van der Waals surface area (Å²) in [5.41, 5.74) is 0.606. The zero-order valence-electron chi connectivity index (χ0n) is 10.5. The first-order valence-electron chi connectivity index (χ1n) is 7.06. The number of aliphatic hydroxyl groups excluding tert-OH is 2. The lowest BCUT2D eigenvalue weighted by atomic mass is 9.50. The maximum atomic E-state index is 9.40. The van der Waals surface area contributed by atoms with Crippen LogP contribution in [0.5, 0.6) is 0 Å². The first-order valence-corrected chi connectivity index (χ1v) is 8.21. The molecule has 0 heterocycles. The fourth-order valence-electron chi connectivity index (χ4n) is 4.93. The van der Waals surface area contributed by atoms with Gasteiger partial charge in [-0.25, -0.2) is 0 Å². The van der Waals surface area contributed by atoms with E-state index < -0.39 is 6.10 Å². The van der Waals surface area contributed by atoms with Gasteiger partial charge in [0.1, 0.15) is 0 Å². The SMILES string of the molecule is OCC(O)CSCC12CC3CC(CC(C3)C1)C2. The fraction of sp³-hybridized carbons (Fsp3) is 1.00. The minimum absolute atomic E-state index is 0.0894. The van der Waals surface area contributed by atoms with Gasteiger partial charge in [0.25, 0.3) is 0 Å². The van der Waals surface area contributed by atoms with Crippen LogP contribution in [-0.2, 0) is 0 Å². The highest BCUT2D eigenvalue weighted by atomic mass is 32.2. The van der Waals surface area contributed by atoms with Gasteiger partial charge in [0.05, 0.1) is 12.7 Å². The van der Waals surface area contributed by atoms with Crippen LogP contribution in [0.3, 0.4) is 0 Å². The van der Waals surface area contributed by atoms with Gasteiger partial charge in [-0.15, -0.1) is 0 Å². The molecule has 0 amide bonds. The first kappa shape index (κ1) is 12.3. The van der Waals surface area contributed by atoms with Crippen LogP contribution < -0.4 is 0 Å². The van der Waals surface area contributed by atoms with Crippen molar-refractivity contribution in [2.75, 3.05) is 18.1 Å². The van der Waals surface area contributed by atoms with Gasteiger partial charge in [0.2, 0.25) is 0 Å². The average molecular weight is 256 g/mol. The van der Waals surface area contributed by atoms with E-state index in [9.17, 15) is 5.11 Å². The quantitative estimate of drug-likeness (QED) is 0.793. The lowest BCUT2D eigenvalue weighted by molar-refractivity contribution is -0.0382. The van der Waals surface area contributed by atoms with Gasteiger partial charge >= 0.3 is 0 Å². The van der Waals surface area contributed by atoms with Crippen molar-refractivity contribution >= 4 is 11.8 Å². The maximum absolute atomic E-state index is 9.40. The highest BCUT2D eigenvalue weighted by Gasteiger charge is 2.50. The van der Waals surface area contributed by atoms with Gasteiger partial charge in [0.15, 0.2) is 0 Å². The molecular formula is C14H24O2S. The Morgan fingerprint density at radius 3 is 2.06 bits per heavy atom. The summed E-state index contributed by atoms with van der Waals surface area (Å²) >= 11 is 1.86. The smallest absolute Gasteiger partial charge is 0.0861 e. The second kappa shape index (κ2) is 4.75. The number of hydrogen-bond donors (Lipinski definition) is 2. The predicted molar refractivity (Wildman–Crippen MR) is 71.0 cm³/mol. The molecule has 4 bridgehead atoms. The van der Waals surface area contributed by atoms with Crippen LogP contribution in [0.1, 0.15) is 38.5 Å². The summed E-state index contributed by atoms with van der Waals surface area (Å²) in [6.07, 6.45) is 8.33. The summed E-state index contributed by atoms with van der Waals surface area (Å²) in [6.45, 7) is -0.0894. The zero-order valence-corrected chi connectivity index (χ0v) is 11.3. The van der Waals surface area contributed by atoms with E-state index in [4.69, 9.17) is 5.11 Å². The van der Waals surface area contributed by atoms with Gasteiger partial charge in [-0.1, -0.05) is 0 Å². The Labute approximate surface area is 108 Å². The summed E-state index contributed by atoms with van der Waals surface area (Å²) in [5.74, 6) is 4.98. The van der Waals surface area contributed by atoms with Crippen LogP contribution in [0.25, 0.3) is 0 Å². The third-order valence-corrected chi connectivity index (χ3v) is 6.53. The van der Waals surface area contributed by atoms with E-state index in [0.29, 0.717) is 11.2 Å². The normalized spacial score (nSPS) is 45.2. The summed E-state index contributed by atoms with van der Waals surface area (Å²) in [6, 6.07) is 0. The Morgan fingerprint density at radius 2 is 1.59 bits per heavy atom. The molecule has 1 atom stereocenters. The van der Waals surface area contributed by atoms with Gasteiger partial charge in [-0.3, -0.25) is 0 Å². The number of rotatable bonds is 5. The molecule has 0 aliphatic heterocycles. The molecule has 17 heavy (non-hydrogen) atoms. The second-order valence-corrected chi connectivity index (χ2v) is 7.80. The molecule has 0 aromatic carbocycles. The minimum atomic E-state index is -0.520. The third-order valence-electron chi connectivity index (χ3n) is 5.09. The molecule has 0 radical (unpaired) electrons. The van der Waals surface area contributed by atoms with E-state index in [1.165, 1.54) is 44.3 Å². The molecule has 0 aromatic heterocycles. The summed E-state index contributed by atoms with van der Waals surface area (Å²) < 4.78 is 0. The van der Waals surface area contributed by atoms with E-state index in [1.54, 1.807) is 0 Å². The highest BCUT2D eigenvalue weighted by Crippen LogP contribution is 2.60. The van der Waals surface area contributed by atoms with Crippen molar-refractivity contribution < 1.29 is 10.2 Å². The summed E-state index contributed by atoms with van der Waals surface area (Å²) in [7, 11) is 0. The second-order valence-electron chi connectivity index (χ2n) is 6.77. The molecule has 4 rings (SSSR count). The largest absolute Gasteiger partial charge is 0.394 e. The van der Waals surface area contributed by atoms with Crippen LogP contribution in [0.2, 0.25) is 0 Å². The molecule has 4 saturated carbocycles. The van der Waals surface area contributed by atoms with Crippen molar-refractivity contribution in [2.24, 2.45) is 23.2 Å². The fourth-order valence-corrected chi connectivity index (χ4v) is 6.21. The lowest BCUT2D eigenvalue weighted by Gasteiger charge is -2.57. The van der Waals surface area contributed by atoms with Crippen LogP contribution in [0, 0.1) is 23.2 Å². The third kappa shape index (κ3) is 2.52. The standard InChI is InChI=1S/C14H24O2S/c15-7-13(16)8-17-9-14-4-10-1-11(5-14)3-12(2-10)6-14/h10-13,15-16H,1-9H2. The average Bonchev–Trinajstić information content (AvgIpc) is 2.26. The highest BCUT2D eigenvalue weighted by molar-refractivity contribution is 7.99. The van der Waals surface area contributed by atoms with Crippen molar-refractivity contribution in [3.05, 3.63) is 0 Å². The number of aliphatic hydroxyl groups is 2. The van der Waals surface area contributed by atoms with Crippen LogP contribution in [0.4, 0.5) is 0 Å². The summed E-state index contributed by atoms with van der Waals surface area (Å²) in [4.78, 5) is 0. The van der Waals surface area contributed by atoms with Crippen molar-refractivity contribution in [3.63, 3.8) is 0 Å². The van der Waals surface area contributed by atoms with E-state index in [2.05, 4.69) is 0 Å². The molecule has 4 fully saturated rings. The van der Waals surface area contributed by atoms with E-state index in [1.807, 2.05) is 11.8 Å². The molecular weight excluding hydrogens is 232 g/mol. The van der Waals surface area contributed by atoms with Crippen LogP contribution in [-0.4, -0.2) is 34.4 Å². The van der Waals surface area contributed by atoms with Gasteiger partial charge in [-0.2, -0.15) is 11.8 Å². The summed E-state index contributed by atoms with van der Waals surface area (Å²) in [5, 5.41) is 18.2. The maximum Gasteiger partial charge on any atom is 0.0861 e. The number of hydrogen-bond acceptors (Lipinski definition) is 3. The molecule has 4 aliphatic rings. The zero-order chi connectivity index (χ0) is 11.9. The topological polar surface area (TPSA) is 40.5 Å². The molecule has 3 heteroatoms. The van der Waals surface area contributed by atoms with Crippen LogP contribution in [0.15, 0.2) is 0 Å². The molecule has 2 N–H and O–H groups in total.